The van der Waals surface area contributed by atoms with Crippen LogP contribution in [0.25, 0.3) is 5.65 Å². The van der Waals surface area contributed by atoms with Crippen molar-refractivity contribution in [3.63, 3.8) is 0 Å². The zero-order valence-electron chi connectivity index (χ0n) is 9.71. The van der Waals surface area contributed by atoms with E-state index in [9.17, 15) is 22.8 Å². The summed E-state index contributed by atoms with van der Waals surface area (Å²) in [5.41, 5.74) is 0.179. The molecule has 0 aliphatic carbocycles. The van der Waals surface area contributed by atoms with Gasteiger partial charge in [0.1, 0.15) is 5.65 Å². The van der Waals surface area contributed by atoms with Crippen molar-refractivity contribution in [3.05, 3.63) is 28.2 Å². The van der Waals surface area contributed by atoms with Gasteiger partial charge in [-0.3, -0.25) is 9.59 Å². The number of carbonyl (C=O) groups excluding carboxylic acids is 1. The Balaban J connectivity index is 2.49. The van der Waals surface area contributed by atoms with Crippen LogP contribution in [-0.2, 0) is 11.2 Å². The van der Waals surface area contributed by atoms with Gasteiger partial charge in [-0.15, -0.1) is 5.10 Å². The molecule has 0 radical (unpaired) electrons. The lowest BCUT2D eigenvalue weighted by molar-refractivity contribution is -0.167. The van der Waals surface area contributed by atoms with Crippen LogP contribution in [0.4, 0.5) is 19.0 Å². The van der Waals surface area contributed by atoms with Crippen molar-refractivity contribution in [3.8, 4) is 0 Å². The standard InChI is InChI=1S/C10H9F3N4O2/c1-2-5-7(15-9(19)10(11,12)13)16-17-4-3-6(18)14-8(5)17/h3-4H,2H2,1H3,(H,14,18)(H,15,16,19). The van der Waals surface area contributed by atoms with E-state index in [-0.39, 0.29) is 11.5 Å². The van der Waals surface area contributed by atoms with Gasteiger partial charge in [0.2, 0.25) is 0 Å². The Bertz CT molecular complexity index is 686. The summed E-state index contributed by atoms with van der Waals surface area (Å²) >= 11 is 0. The van der Waals surface area contributed by atoms with Gasteiger partial charge < -0.3 is 10.3 Å². The number of halogens is 3. The van der Waals surface area contributed by atoms with Gasteiger partial charge in [-0.25, -0.2) is 4.52 Å². The van der Waals surface area contributed by atoms with Gasteiger partial charge in [0.25, 0.3) is 5.56 Å². The van der Waals surface area contributed by atoms with E-state index in [1.165, 1.54) is 16.8 Å². The van der Waals surface area contributed by atoms with E-state index in [2.05, 4.69) is 10.1 Å². The number of aryl methyl sites for hydroxylation is 1. The van der Waals surface area contributed by atoms with Gasteiger partial charge >= 0.3 is 12.1 Å². The molecule has 0 unspecified atom stereocenters. The lowest BCUT2D eigenvalue weighted by atomic mass is 10.2. The number of hydrogen-bond acceptors (Lipinski definition) is 3. The molecule has 19 heavy (non-hydrogen) atoms. The maximum Gasteiger partial charge on any atom is 0.471 e. The highest BCUT2D eigenvalue weighted by atomic mass is 19.4. The van der Waals surface area contributed by atoms with Gasteiger partial charge in [0.15, 0.2) is 5.82 Å². The fraction of sp³-hybridized carbons (Fsp3) is 0.300. The summed E-state index contributed by atoms with van der Waals surface area (Å²) in [6.07, 6.45) is -3.39. The number of rotatable bonds is 2. The van der Waals surface area contributed by atoms with E-state index in [1.807, 2.05) is 0 Å². The molecule has 0 fully saturated rings. The Kier molecular flexibility index (Phi) is 3.05. The summed E-state index contributed by atoms with van der Waals surface area (Å²) < 4.78 is 37.8. The SMILES string of the molecule is CCc1c(NC(=O)C(F)(F)F)nn2ccc(=O)[nH]c12. The Morgan fingerprint density at radius 3 is 2.79 bits per heavy atom. The highest BCUT2D eigenvalue weighted by molar-refractivity contribution is 5.95. The predicted octanol–water partition coefficient (Wildman–Crippen LogP) is 1.09. The Hall–Kier alpha value is -2.32. The average Bonchev–Trinajstić information content (AvgIpc) is 2.64. The second-order valence-corrected chi connectivity index (χ2v) is 3.73. The van der Waals surface area contributed by atoms with Gasteiger partial charge in [-0.1, -0.05) is 6.92 Å². The molecule has 0 bridgehead atoms. The summed E-state index contributed by atoms with van der Waals surface area (Å²) in [5.74, 6) is -2.32. The Morgan fingerprint density at radius 2 is 2.21 bits per heavy atom. The molecule has 0 atom stereocenters. The monoisotopic (exact) mass is 274 g/mol. The second kappa shape index (κ2) is 4.41. The van der Waals surface area contributed by atoms with Gasteiger partial charge in [-0.05, 0) is 6.42 Å². The molecule has 0 aliphatic heterocycles. The smallest absolute Gasteiger partial charge is 0.307 e. The second-order valence-electron chi connectivity index (χ2n) is 3.73. The molecule has 6 nitrogen and oxygen atoms in total. The first-order valence-corrected chi connectivity index (χ1v) is 5.31. The van der Waals surface area contributed by atoms with Crippen molar-refractivity contribution in [1.29, 1.82) is 0 Å². The highest BCUT2D eigenvalue weighted by Crippen LogP contribution is 2.22. The largest absolute Gasteiger partial charge is 0.471 e. The first-order chi connectivity index (χ1) is 8.82. The van der Waals surface area contributed by atoms with E-state index < -0.39 is 17.6 Å². The molecule has 2 aromatic rings. The molecular formula is C10H9F3N4O2. The molecular weight excluding hydrogens is 265 g/mol. The number of nitrogens with zero attached hydrogens (tertiary/aromatic N) is 2. The number of amides is 1. The van der Waals surface area contributed by atoms with E-state index >= 15 is 0 Å². The van der Waals surface area contributed by atoms with E-state index in [4.69, 9.17) is 0 Å². The fourth-order valence-electron chi connectivity index (χ4n) is 1.62. The van der Waals surface area contributed by atoms with Crippen LogP contribution in [0.15, 0.2) is 17.1 Å². The summed E-state index contributed by atoms with van der Waals surface area (Å²) in [6, 6.07) is 1.18. The van der Waals surface area contributed by atoms with E-state index in [0.29, 0.717) is 12.0 Å². The predicted molar refractivity (Wildman–Crippen MR) is 59.9 cm³/mol. The van der Waals surface area contributed by atoms with E-state index in [0.717, 1.165) is 0 Å². The Morgan fingerprint density at radius 1 is 1.53 bits per heavy atom. The number of aromatic amines is 1. The zero-order valence-corrected chi connectivity index (χ0v) is 9.71. The normalized spacial score (nSPS) is 11.8. The molecule has 1 amide bonds. The lowest BCUT2D eigenvalue weighted by Crippen LogP contribution is -2.30. The van der Waals surface area contributed by atoms with Crippen LogP contribution >= 0.6 is 0 Å². The number of anilines is 1. The van der Waals surface area contributed by atoms with Gasteiger partial charge in [0.05, 0.1) is 0 Å². The van der Waals surface area contributed by atoms with Crippen molar-refractivity contribution >= 4 is 17.4 Å². The molecule has 102 valence electrons. The molecule has 0 aliphatic rings. The Labute approximate surface area is 104 Å². The fourth-order valence-corrected chi connectivity index (χ4v) is 1.62. The van der Waals surface area contributed by atoms with E-state index in [1.54, 1.807) is 12.2 Å². The third-order valence-electron chi connectivity index (χ3n) is 2.46. The number of nitrogens with one attached hydrogen (secondary N) is 2. The van der Waals surface area contributed by atoms with Crippen molar-refractivity contribution in [2.45, 2.75) is 19.5 Å². The maximum atomic E-state index is 12.2. The third-order valence-corrected chi connectivity index (χ3v) is 2.46. The minimum Gasteiger partial charge on any atom is -0.307 e. The zero-order chi connectivity index (χ0) is 14.2. The maximum absolute atomic E-state index is 12.2. The van der Waals surface area contributed by atoms with Crippen molar-refractivity contribution in [2.75, 3.05) is 5.32 Å². The van der Waals surface area contributed by atoms with Crippen LogP contribution in [-0.4, -0.2) is 26.7 Å². The molecule has 0 saturated heterocycles. The molecule has 9 heteroatoms. The summed E-state index contributed by atoms with van der Waals surface area (Å²) in [7, 11) is 0. The van der Waals surface area contributed by atoms with Crippen molar-refractivity contribution in [1.82, 2.24) is 14.6 Å². The van der Waals surface area contributed by atoms with Crippen molar-refractivity contribution < 1.29 is 18.0 Å². The number of alkyl halides is 3. The molecule has 0 saturated carbocycles. The minimum atomic E-state index is -4.99. The third kappa shape index (κ3) is 2.44. The topological polar surface area (TPSA) is 79.3 Å². The van der Waals surface area contributed by atoms with Crippen molar-refractivity contribution in [2.24, 2.45) is 0 Å². The molecule has 0 aromatic carbocycles. The number of H-pyrrole nitrogens is 1. The number of fused-ring (bicyclic) bond motifs is 1. The van der Waals surface area contributed by atoms with Crippen LogP contribution in [0.5, 0.6) is 0 Å². The number of hydrogen-bond donors (Lipinski definition) is 2. The molecule has 2 heterocycles. The summed E-state index contributed by atoms with van der Waals surface area (Å²) in [4.78, 5) is 24.5. The van der Waals surface area contributed by atoms with Gasteiger partial charge in [0, 0.05) is 17.8 Å². The van der Waals surface area contributed by atoms with Crippen LogP contribution in [0.3, 0.4) is 0 Å². The van der Waals surface area contributed by atoms with Crippen LogP contribution in [0, 0.1) is 0 Å². The first kappa shape index (κ1) is 13.1. The van der Waals surface area contributed by atoms with Crippen LogP contribution < -0.4 is 10.9 Å². The minimum absolute atomic E-state index is 0.216. The lowest BCUT2D eigenvalue weighted by Gasteiger charge is -2.06. The number of carbonyl (C=O) groups is 1. The molecule has 2 N–H and O–H groups in total. The van der Waals surface area contributed by atoms with Gasteiger partial charge in [-0.2, -0.15) is 13.2 Å². The van der Waals surface area contributed by atoms with Crippen LogP contribution in [0.2, 0.25) is 0 Å². The quantitative estimate of drug-likeness (QED) is 0.860. The highest BCUT2D eigenvalue weighted by Gasteiger charge is 2.39. The molecule has 2 rings (SSSR count). The average molecular weight is 274 g/mol. The summed E-state index contributed by atoms with van der Waals surface area (Å²) in [5, 5.41) is 5.49. The molecule has 0 spiro atoms. The number of aromatic nitrogens is 3. The first-order valence-electron chi connectivity index (χ1n) is 5.31. The molecule has 2 aromatic heterocycles. The summed E-state index contributed by atoms with van der Waals surface area (Å²) in [6.45, 7) is 1.67. The van der Waals surface area contributed by atoms with Crippen LogP contribution in [0.1, 0.15) is 12.5 Å².